The Labute approximate surface area is 134 Å². The molecule has 0 aromatic carbocycles. The van der Waals surface area contributed by atoms with Crippen LogP contribution in [0.4, 0.5) is 4.79 Å². The Morgan fingerprint density at radius 3 is 2.32 bits per heavy atom. The van der Waals surface area contributed by atoms with E-state index < -0.39 is 11.6 Å². The fourth-order valence-electron chi connectivity index (χ4n) is 2.77. The van der Waals surface area contributed by atoms with E-state index in [0.29, 0.717) is 13.1 Å². The topological polar surface area (TPSA) is 75.9 Å². The molecule has 1 aliphatic heterocycles. The van der Waals surface area contributed by atoms with Crippen molar-refractivity contribution in [1.29, 1.82) is 0 Å². The molecule has 6 heteroatoms. The average Bonchev–Trinajstić information content (AvgIpc) is 2.36. The number of piperidine rings is 1. The van der Waals surface area contributed by atoms with Gasteiger partial charge in [-0.1, -0.05) is 0 Å². The Hall–Kier alpha value is -1.30. The van der Waals surface area contributed by atoms with Crippen LogP contribution in [0.15, 0.2) is 0 Å². The van der Waals surface area contributed by atoms with E-state index in [2.05, 4.69) is 0 Å². The summed E-state index contributed by atoms with van der Waals surface area (Å²) < 4.78 is 5.43. The molecule has 22 heavy (non-hydrogen) atoms. The van der Waals surface area contributed by atoms with Crippen LogP contribution >= 0.6 is 0 Å². The lowest BCUT2D eigenvalue weighted by atomic mass is 10.0. The number of ether oxygens (including phenoxy) is 1. The zero-order valence-corrected chi connectivity index (χ0v) is 14.8. The fraction of sp³-hybridized carbons (Fsp3) is 0.875. The highest BCUT2D eigenvalue weighted by Gasteiger charge is 2.34. The molecular weight excluding hydrogens is 282 g/mol. The molecule has 0 aromatic rings. The number of hydrogen-bond acceptors (Lipinski definition) is 4. The van der Waals surface area contributed by atoms with E-state index in [1.54, 1.807) is 11.8 Å². The molecule has 0 radical (unpaired) electrons. The monoisotopic (exact) mass is 313 g/mol. The summed E-state index contributed by atoms with van der Waals surface area (Å²) >= 11 is 0. The maximum absolute atomic E-state index is 12.4. The summed E-state index contributed by atoms with van der Waals surface area (Å²) in [5.41, 5.74) is 5.25. The Kier molecular flexibility index (Phi) is 6.23. The van der Waals surface area contributed by atoms with Gasteiger partial charge >= 0.3 is 6.09 Å². The summed E-state index contributed by atoms with van der Waals surface area (Å²) in [6, 6.07) is -0.471. The minimum absolute atomic E-state index is 0.000214. The summed E-state index contributed by atoms with van der Waals surface area (Å²) in [5, 5.41) is 0. The van der Waals surface area contributed by atoms with Crippen molar-refractivity contribution < 1.29 is 14.3 Å². The second-order valence-electron chi connectivity index (χ2n) is 7.35. The van der Waals surface area contributed by atoms with E-state index >= 15 is 0 Å². The summed E-state index contributed by atoms with van der Waals surface area (Å²) in [4.78, 5) is 28.1. The van der Waals surface area contributed by atoms with Gasteiger partial charge in [-0.15, -0.1) is 0 Å². The van der Waals surface area contributed by atoms with Crippen LogP contribution in [-0.4, -0.2) is 58.6 Å². The van der Waals surface area contributed by atoms with Crippen molar-refractivity contribution in [2.24, 2.45) is 5.73 Å². The molecule has 1 unspecified atom stereocenters. The summed E-state index contributed by atoms with van der Waals surface area (Å²) in [7, 11) is 0. The Morgan fingerprint density at radius 2 is 1.86 bits per heavy atom. The molecule has 2 N–H and O–H groups in total. The predicted octanol–water partition coefficient (Wildman–Crippen LogP) is 1.97. The van der Waals surface area contributed by atoms with Crippen LogP contribution < -0.4 is 5.73 Å². The molecule has 1 saturated heterocycles. The van der Waals surface area contributed by atoms with E-state index in [0.717, 1.165) is 12.8 Å². The summed E-state index contributed by atoms with van der Waals surface area (Å²) in [6.45, 7) is 12.4. The number of carbonyl (C=O) groups is 2. The first-order valence-electron chi connectivity index (χ1n) is 8.08. The lowest BCUT2D eigenvalue weighted by molar-refractivity contribution is -0.137. The third-order valence-corrected chi connectivity index (χ3v) is 3.64. The van der Waals surface area contributed by atoms with Gasteiger partial charge in [-0.05, 0) is 54.4 Å². The van der Waals surface area contributed by atoms with Gasteiger partial charge in [0, 0.05) is 25.2 Å². The summed E-state index contributed by atoms with van der Waals surface area (Å²) in [6.07, 6.45) is 1.43. The lowest BCUT2D eigenvalue weighted by Crippen LogP contribution is -2.57. The van der Waals surface area contributed by atoms with Crippen LogP contribution in [0.2, 0.25) is 0 Å². The van der Waals surface area contributed by atoms with Crippen LogP contribution in [0.5, 0.6) is 0 Å². The molecule has 128 valence electrons. The highest BCUT2D eigenvalue weighted by Crippen LogP contribution is 2.21. The minimum atomic E-state index is -0.528. The molecule has 1 rings (SSSR count). The highest BCUT2D eigenvalue weighted by atomic mass is 16.6. The van der Waals surface area contributed by atoms with Gasteiger partial charge in [0.05, 0.1) is 6.04 Å². The molecule has 1 fully saturated rings. The third kappa shape index (κ3) is 5.16. The van der Waals surface area contributed by atoms with Gasteiger partial charge in [0.15, 0.2) is 0 Å². The molecule has 2 amide bonds. The third-order valence-electron chi connectivity index (χ3n) is 3.64. The highest BCUT2D eigenvalue weighted by molar-refractivity contribution is 5.82. The Morgan fingerprint density at radius 1 is 1.27 bits per heavy atom. The van der Waals surface area contributed by atoms with Crippen molar-refractivity contribution in [3.05, 3.63) is 0 Å². The van der Waals surface area contributed by atoms with Crippen LogP contribution in [0.3, 0.4) is 0 Å². The number of amides is 2. The van der Waals surface area contributed by atoms with E-state index in [4.69, 9.17) is 10.5 Å². The van der Waals surface area contributed by atoms with Crippen LogP contribution in [-0.2, 0) is 9.53 Å². The van der Waals surface area contributed by atoms with Gasteiger partial charge in [0.1, 0.15) is 5.60 Å². The van der Waals surface area contributed by atoms with Crippen molar-refractivity contribution in [3.63, 3.8) is 0 Å². The van der Waals surface area contributed by atoms with Crippen molar-refractivity contribution in [3.8, 4) is 0 Å². The number of nitrogens with zero attached hydrogens (tertiary/aromatic N) is 2. The van der Waals surface area contributed by atoms with Gasteiger partial charge in [-0.25, -0.2) is 4.79 Å². The first kappa shape index (κ1) is 18.7. The molecule has 1 aliphatic rings. The lowest BCUT2D eigenvalue weighted by Gasteiger charge is -2.42. The van der Waals surface area contributed by atoms with Gasteiger partial charge < -0.3 is 20.3 Å². The van der Waals surface area contributed by atoms with Crippen LogP contribution in [0.25, 0.3) is 0 Å². The normalized spacial score (nSPS) is 20.7. The SMILES string of the molecule is CC(C)N(C(=O)[C@H](C)N)C1CCCN(C(=O)OC(C)(C)C)C1. The maximum atomic E-state index is 12.4. The maximum Gasteiger partial charge on any atom is 0.410 e. The van der Waals surface area contributed by atoms with Crippen LogP contribution in [0.1, 0.15) is 54.4 Å². The second-order valence-corrected chi connectivity index (χ2v) is 7.35. The molecular formula is C16H31N3O3. The molecule has 0 aromatic heterocycles. The zero-order chi connectivity index (χ0) is 17.1. The number of nitrogens with two attached hydrogens (primary N) is 1. The fourth-order valence-corrected chi connectivity index (χ4v) is 2.77. The van der Waals surface area contributed by atoms with Crippen molar-refractivity contribution in [2.45, 2.75) is 78.1 Å². The van der Waals surface area contributed by atoms with E-state index in [1.165, 1.54) is 0 Å². The molecule has 2 atom stereocenters. The molecule has 0 spiro atoms. The van der Waals surface area contributed by atoms with Gasteiger partial charge in [0.2, 0.25) is 5.91 Å². The smallest absolute Gasteiger partial charge is 0.410 e. The molecule has 6 nitrogen and oxygen atoms in total. The van der Waals surface area contributed by atoms with Gasteiger partial charge in [-0.2, -0.15) is 0 Å². The Bertz CT molecular complexity index is 402. The standard InChI is InChI=1S/C16H31N3O3/c1-11(2)19(14(20)12(3)17)13-8-7-9-18(10-13)15(21)22-16(4,5)6/h11-13H,7-10,17H2,1-6H3/t12-,13?/m0/s1. The van der Waals surface area contributed by atoms with E-state index in [1.807, 2.05) is 39.5 Å². The van der Waals surface area contributed by atoms with Crippen molar-refractivity contribution >= 4 is 12.0 Å². The van der Waals surface area contributed by atoms with Crippen molar-refractivity contribution in [1.82, 2.24) is 9.80 Å². The zero-order valence-electron chi connectivity index (χ0n) is 14.8. The number of hydrogen-bond donors (Lipinski definition) is 1. The first-order valence-corrected chi connectivity index (χ1v) is 8.08. The second kappa shape index (κ2) is 7.31. The van der Waals surface area contributed by atoms with Gasteiger partial charge in [-0.3, -0.25) is 4.79 Å². The van der Waals surface area contributed by atoms with E-state index in [-0.39, 0.29) is 24.1 Å². The molecule has 0 bridgehead atoms. The molecule has 1 heterocycles. The Balaban J connectivity index is 2.79. The number of likely N-dealkylation sites (tertiary alicyclic amines) is 1. The van der Waals surface area contributed by atoms with Crippen LogP contribution in [0, 0.1) is 0 Å². The van der Waals surface area contributed by atoms with Gasteiger partial charge in [0.25, 0.3) is 0 Å². The number of rotatable bonds is 3. The molecule has 0 saturated carbocycles. The first-order chi connectivity index (χ1) is 10.0. The van der Waals surface area contributed by atoms with E-state index in [9.17, 15) is 9.59 Å². The number of carbonyl (C=O) groups excluding carboxylic acids is 2. The largest absolute Gasteiger partial charge is 0.444 e. The predicted molar refractivity (Wildman–Crippen MR) is 86.5 cm³/mol. The molecule has 0 aliphatic carbocycles. The average molecular weight is 313 g/mol. The summed E-state index contributed by atoms with van der Waals surface area (Å²) in [5.74, 6) is -0.0639. The van der Waals surface area contributed by atoms with Crippen molar-refractivity contribution in [2.75, 3.05) is 13.1 Å². The quantitative estimate of drug-likeness (QED) is 0.864. The minimum Gasteiger partial charge on any atom is -0.444 e.